The molecule has 1 aromatic heterocycles. The van der Waals surface area contributed by atoms with E-state index in [1.807, 2.05) is 12.1 Å². The Morgan fingerprint density at radius 3 is 2.89 bits per heavy atom. The van der Waals surface area contributed by atoms with Crippen molar-refractivity contribution in [1.29, 1.82) is 0 Å². The van der Waals surface area contributed by atoms with E-state index < -0.39 is 0 Å². The van der Waals surface area contributed by atoms with Crippen LogP contribution in [0.25, 0.3) is 11.0 Å². The summed E-state index contributed by atoms with van der Waals surface area (Å²) in [6.07, 6.45) is 7.12. The zero-order chi connectivity index (χ0) is 13.2. The average molecular weight is 258 g/mol. The Labute approximate surface area is 112 Å². The van der Waals surface area contributed by atoms with Crippen molar-refractivity contribution in [3.8, 4) is 5.75 Å². The van der Waals surface area contributed by atoms with Gasteiger partial charge >= 0.3 is 0 Å². The van der Waals surface area contributed by atoms with Gasteiger partial charge in [0.25, 0.3) is 0 Å². The van der Waals surface area contributed by atoms with E-state index in [9.17, 15) is 4.79 Å². The van der Waals surface area contributed by atoms with Crippen LogP contribution in [-0.2, 0) is 6.42 Å². The number of ether oxygens (including phenoxy) is 1. The molecule has 0 spiro atoms. The smallest absolute Gasteiger partial charge is 0.153 e. The minimum Gasteiger partial charge on any atom is -0.496 e. The number of benzene rings is 1. The number of rotatable bonds is 4. The number of aldehydes is 1. The van der Waals surface area contributed by atoms with Crippen LogP contribution in [0.1, 0.15) is 41.9 Å². The molecule has 1 aromatic carbocycles. The van der Waals surface area contributed by atoms with Crippen LogP contribution in [0.2, 0.25) is 0 Å². The van der Waals surface area contributed by atoms with Crippen molar-refractivity contribution in [2.24, 2.45) is 5.92 Å². The van der Waals surface area contributed by atoms with Crippen molar-refractivity contribution in [3.63, 3.8) is 0 Å². The second kappa shape index (κ2) is 5.03. The van der Waals surface area contributed by atoms with Crippen LogP contribution < -0.4 is 4.74 Å². The first-order chi connectivity index (χ1) is 9.30. The number of nitrogens with zero attached hydrogens (tertiary/aromatic N) is 1. The normalized spacial score (nSPS) is 16.1. The third-order valence-electron chi connectivity index (χ3n) is 3.97. The zero-order valence-electron chi connectivity index (χ0n) is 11.1. The summed E-state index contributed by atoms with van der Waals surface area (Å²) in [4.78, 5) is 18.9. The topological polar surface area (TPSA) is 55.0 Å². The molecule has 1 fully saturated rings. The number of H-pyrrole nitrogens is 1. The monoisotopic (exact) mass is 258 g/mol. The molecule has 0 aliphatic heterocycles. The van der Waals surface area contributed by atoms with Crippen molar-refractivity contribution in [2.45, 2.75) is 32.1 Å². The van der Waals surface area contributed by atoms with Gasteiger partial charge in [0.05, 0.1) is 23.7 Å². The first-order valence-corrected chi connectivity index (χ1v) is 6.82. The summed E-state index contributed by atoms with van der Waals surface area (Å²) >= 11 is 0. The second-order valence-corrected chi connectivity index (χ2v) is 5.27. The van der Waals surface area contributed by atoms with Crippen molar-refractivity contribution in [1.82, 2.24) is 9.97 Å². The molecule has 19 heavy (non-hydrogen) atoms. The zero-order valence-corrected chi connectivity index (χ0v) is 11.1. The van der Waals surface area contributed by atoms with Gasteiger partial charge in [-0.2, -0.15) is 0 Å². The number of aromatic nitrogens is 2. The molecule has 0 atom stereocenters. The first-order valence-electron chi connectivity index (χ1n) is 6.82. The van der Waals surface area contributed by atoms with E-state index >= 15 is 0 Å². The number of imidazole rings is 1. The highest BCUT2D eigenvalue weighted by atomic mass is 16.5. The summed E-state index contributed by atoms with van der Waals surface area (Å²) in [6.45, 7) is 0. The van der Waals surface area contributed by atoms with Gasteiger partial charge in [-0.1, -0.05) is 25.7 Å². The molecule has 0 bridgehead atoms. The molecular formula is C15H18N2O2. The van der Waals surface area contributed by atoms with E-state index in [0.29, 0.717) is 11.3 Å². The third kappa shape index (κ3) is 2.35. The highest BCUT2D eigenvalue weighted by Gasteiger charge is 2.17. The molecule has 1 aliphatic rings. The molecule has 3 rings (SSSR count). The molecule has 2 aromatic rings. The number of aromatic amines is 1. The van der Waals surface area contributed by atoms with Gasteiger partial charge in [-0.3, -0.25) is 4.79 Å². The average Bonchev–Trinajstić information content (AvgIpc) is 3.05. The fraction of sp³-hybridized carbons (Fsp3) is 0.467. The largest absolute Gasteiger partial charge is 0.496 e. The van der Waals surface area contributed by atoms with Gasteiger partial charge in [0.1, 0.15) is 11.6 Å². The number of fused-ring (bicyclic) bond motifs is 1. The summed E-state index contributed by atoms with van der Waals surface area (Å²) in [7, 11) is 1.57. The van der Waals surface area contributed by atoms with Crippen LogP contribution in [0.15, 0.2) is 12.1 Å². The van der Waals surface area contributed by atoms with E-state index in [2.05, 4.69) is 9.97 Å². The van der Waals surface area contributed by atoms with Gasteiger partial charge < -0.3 is 9.72 Å². The fourth-order valence-electron chi connectivity index (χ4n) is 2.96. The molecule has 1 saturated carbocycles. The van der Waals surface area contributed by atoms with Crippen LogP contribution in [0, 0.1) is 5.92 Å². The van der Waals surface area contributed by atoms with Crippen molar-refractivity contribution < 1.29 is 9.53 Å². The first kappa shape index (κ1) is 12.2. The predicted molar refractivity (Wildman–Crippen MR) is 73.7 cm³/mol. The molecule has 0 saturated heterocycles. The van der Waals surface area contributed by atoms with Crippen LogP contribution in [0.4, 0.5) is 0 Å². The highest BCUT2D eigenvalue weighted by molar-refractivity contribution is 5.88. The van der Waals surface area contributed by atoms with Gasteiger partial charge in [0, 0.05) is 12.5 Å². The van der Waals surface area contributed by atoms with E-state index in [4.69, 9.17) is 4.74 Å². The van der Waals surface area contributed by atoms with Gasteiger partial charge in [-0.05, 0) is 12.0 Å². The van der Waals surface area contributed by atoms with E-state index in [1.54, 1.807) is 7.11 Å². The number of hydrogen-bond acceptors (Lipinski definition) is 3. The maximum Gasteiger partial charge on any atom is 0.153 e. The Kier molecular flexibility index (Phi) is 3.23. The van der Waals surface area contributed by atoms with Crippen molar-refractivity contribution in [3.05, 3.63) is 23.5 Å². The van der Waals surface area contributed by atoms with E-state index in [-0.39, 0.29) is 0 Å². The van der Waals surface area contributed by atoms with Crippen molar-refractivity contribution in [2.75, 3.05) is 7.11 Å². The Morgan fingerprint density at radius 2 is 2.21 bits per heavy atom. The summed E-state index contributed by atoms with van der Waals surface area (Å²) in [5.41, 5.74) is 2.34. The summed E-state index contributed by atoms with van der Waals surface area (Å²) in [5.74, 6) is 2.36. The summed E-state index contributed by atoms with van der Waals surface area (Å²) in [6, 6.07) is 3.64. The second-order valence-electron chi connectivity index (χ2n) is 5.27. The number of methoxy groups -OCH3 is 1. The van der Waals surface area contributed by atoms with Crippen LogP contribution in [-0.4, -0.2) is 23.4 Å². The Balaban J connectivity index is 1.93. The maximum absolute atomic E-state index is 11.0. The lowest BCUT2D eigenvalue weighted by Crippen LogP contribution is -2.00. The molecular weight excluding hydrogens is 240 g/mol. The molecule has 1 aliphatic carbocycles. The number of carbonyl (C=O) groups excluding carboxylic acids is 1. The van der Waals surface area contributed by atoms with Gasteiger partial charge in [-0.15, -0.1) is 0 Å². The Morgan fingerprint density at radius 1 is 1.42 bits per heavy atom. The van der Waals surface area contributed by atoms with E-state index in [1.165, 1.54) is 25.7 Å². The third-order valence-corrected chi connectivity index (χ3v) is 3.97. The molecule has 1 heterocycles. The lowest BCUT2D eigenvalue weighted by Gasteiger charge is -2.04. The summed E-state index contributed by atoms with van der Waals surface area (Å²) < 4.78 is 5.20. The molecule has 1 N–H and O–H groups in total. The molecule has 0 radical (unpaired) electrons. The lowest BCUT2D eigenvalue weighted by molar-refractivity contribution is 0.112. The standard InChI is InChI=1S/C15H18N2O2/c1-19-14-8-13-12(7-11(14)9-18)16-15(17-13)6-10-4-2-3-5-10/h7-10H,2-6H2,1H3,(H,16,17). The summed E-state index contributed by atoms with van der Waals surface area (Å²) in [5, 5.41) is 0. The molecule has 0 amide bonds. The van der Waals surface area contributed by atoms with Crippen LogP contribution in [0.5, 0.6) is 5.75 Å². The minimum absolute atomic E-state index is 0.561. The molecule has 4 heteroatoms. The lowest BCUT2D eigenvalue weighted by atomic mass is 10.0. The SMILES string of the molecule is COc1cc2nc(CC3CCCC3)[nH]c2cc1C=O. The van der Waals surface area contributed by atoms with Gasteiger partial charge in [-0.25, -0.2) is 4.98 Å². The number of hydrogen-bond donors (Lipinski definition) is 1. The Hall–Kier alpha value is -1.84. The van der Waals surface area contributed by atoms with Gasteiger partial charge in [0.2, 0.25) is 0 Å². The molecule has 0 unspecified atom stereocenters. The molecule has 100 valence electrons. The van der Waals surface area contributed by atoms with Crippen molar-refractivity contribution >= 4 is 17.3 Å². The quantitative estimate of drug-likeness (QED) is 0.857. The molecule has 4 nitrogen and oxygen atoms in total. The van der Waals surface area contributed by atoms with Crippen LogP contribution >= 0.6 is 0 Å². The predicted octanol–water partition coefficient (Wildman–Crippen LogP) is 3.12. The van der Waals surface area contributed by atoms with Gasteiger partial charge in [0.15, 0.2) is 6.29 Å². The number of nitrogens with one attached hydrogen (secondary N) is 1. The van der Waals surface area contributed by atoms with E-state index in [0.717, 1.165) is 35.5 Å². The maximum atomic E-state index is 11.0. The highest BCUT2D eigenvalue weighted by Crippen LogP contribution is 2.29. The Bertz CT molecular complexity index is 597. The number of carbonyl (C=O) groups is 1. The minimum atomic E-state index is 0.561. The fourth-order valence-corrected chi connectivity index (χ4v) is 2.96. The van der Waals surface area contributed by atoms with Crippen LogP contribution in [0.3, 0.4) is 0 Å².